The minimum Gasteiger partial charge on any atom is -0.395 e. The van der Waals surface area contributed by atoms with Crippen LogP contribution in [0.2, 0.25) is 0 Å². The van der Waals surface area contributed by atoms with Gasteiger partial charge in [0.2, 0.25) is 0 Å². The maximum atomic E-state index is 8.86. The minimum absolute atomic E-state index is 0.174. The lowest BCUT2D eigenvalue weighted by Gasteiger charge is -2.15. The van der Waals surface area contributed by atoms with Crippen LogP contribution >= 0.6 is 0 Å². The van der Waals surface area contributed by atoms with Crippen molar-refractivity contribution in [3.63, 3.8) is 0 Å². The molecule has 0 radical (unpaired) electrons. The molecule has 0 bridgehead atoms. The lowest BCUT2D eigenvalue weighted by molar-refractivity contribution is 0.217. The standard InChI is InChI=1S/C12H15N3O/c1-15(7-8-16)9-10-3-2-4-11-12(10)14-6-5-13-11/h2-6,16H,7-9H2,1H3. The van der Waals surface area contributed by atoms with Gasteiger partial charge in [0, 0.05) is 25.5 Å². The predicted octanol–water partition coefficient (Wildman–Crippen LogP) is 1.05. The van der Waals surface area contributed by atoms with Crippen molar-refractivity contribution >= 4 is 11.0 Å². The highest BCUT2D eigenvalue weighted by Gasteiger charge is 2.05. The zero-order valence-corrected chi connectivity index (χ0v) is 9.30. The smallest absolute Gasteiger partial charge is 0.0931 e. The molecule has 2 rings (SSSR count). The molecule has 1 heterocycles. The molecule has 0 saturated carbocycles. The second kappa shape index (κ2) is 5.01. The Kier molecular flexibility index (Phi) is 3.44. The Labute approximate surface area is 94.6 Å². The Morgan fingerprint density at radius 2 is 2.06 bits per heavy atom. The van der Waals surface area contributed by atoms with E-state index in [2.05, 4.69) is 14.9 Å². The SMILES string of the molecule is CN(CCO)Cc1cccc2nccnc12. The van der Waals surface area contributed by atoms with Crippen LogP contribution in [0.5, 0.6) is 0 Å². The first-order valence-electron chi connectivity index (χ1n) is 5.29. The third-order valence-corrected chi connectivity index (χ3v) is 2.50. The number of aliphatic hydroxyl groups excluding tert-OH is 1. The van der Waals surface area contributed by atoms with E-state index in [0.717, 1.165) is 23.1 Å². The van der Waals surface area contributed by atoms with Crippen molar-refractivity contribution in [1.82, 2.24) is 14.9 Å². The van der Waals surface area contributed by atoms with Gasteiger partial charge in [-0.2, -0.15) is 0 Å². The molecule has 0 aliphatic heterocycles. The Balaban J connectivity index is 2.30. The number of fused-ring (bicyclic) bond motifs is 1. The summed E-state index contributed by atoms with van der Waals surface area (Å²) in [6.07, 6.45) is 3.40. The van der Waals surface area contributed by atoms with Gasteiger partial charge in [-0.15, -0.1) is 0 Å². The minimum atomic E-state index is 0.174. The number of hydrogen-bond acceptors (Lipinski definition) is 4. The van der Waals surface area contributed by atoms with Gasteiger partial charge in [-0.3, -0.25) is 14.9 Å². The lowest BCUT2D eigenvalue weighted by atomic mass is 10.1. The lowest BCUT2D eigenvalue weighted by Crippen LogP contribution is -2.21. The number of aliphatic hydroxyl groups is 1. The zero-order chi connectivity index (χ0) is 11.4. The van der Waals surface area contributed by atoms with Gasteiger partial charge in [0.25, 0.3) is 0 Å². The molecule has 1 aromatic carbocycles. The van der Waals surface area contributed by atoms with E-state index < -0.39 is 0 Å². The number of hydrogen-bond donors (Lipinski definition) is 1. The van der Waals surface area contributed by atoms with Gasteiger partial charge in [0.1, 0.15) is 0 Å². The maximum Gasteiger partial charge on any atom is 0.0931 e. The van der Waals surface area contributed by atoms with Gasteiger partial charge < -0.3 is 5.11 Å². The highest BCUT2D eigenvalue weighted by atomic mass is 16.3. The molecule has 16 heavy (non-hydrogen) atoms. The summed E-state index contributed by atoms with van der Waals surface area (Å²) >= 11 is 0. The van der Waals surface area contributed by atoms with Crippen LogP contribution in [0.4, 0.5) is 0 Å². The Hall–Kier alpha value is -1.52. The quantitative estimate of drug-likeness (QED) is 0.831. The van der Waals surface area contributed by atoms with Gasteiger partial charge in [0.05, 0.1) is 17.6 Å². The average Bonchev–Trinajstić information content (AvgIpc) is 2.30. The van der Waals surface area contributed by atoms with E-state index in [0.29, 0.717) is 6.54 Å². The normalized spacial score (nSPS) is 11.2. The molecule has 84 valence electrons. The van der Waals surface area contributed by atoms with Crippen molar-refractivity contribution in [2.45, 2.75) is 6.54 Å². The van der Waals surface area contributed by atoms with Crippen LogP contribution in [0, 0.1) is 0 Å². The Morgan fingerprint density at radius 1 is 1.25 bits per heavy atom. The van der Waals surface area contributed by atoms with Crippen LogP contribution in [-0.4, -0.2) is 40.2 Å². The molecule has 1 aromatic heterocycles. The van der Waals surface area contributed by atoms with Crippen molar-refractivity contribution in [1.29, 1.82) is 0 Å². The summed E-state index contributed by atoms with van der Waals surface area (Å²) in [5.74, 6) is 0. The Morgan fingerprint density at radius 3 is 2.88 bits per heavy atom. The van der Waals surface area contributed by atoms with Crippen LogP contribution in [0.15, 0.2) is 30.6 Å². The van der Waals surface area contributed by atoms with Crippen molar-refractivity contribution < 1.29 is 5.11 Å². The van der Waals surface area contributed by atoms with E-state index in [4.69, 9.17) is 5.11 Å². The summed E-state index contributed by atoms with van der Waals surface area (Å²) in [7, 11) is 1.98. The molecule has 0 spiro atoms. The van der Waals surface area contributed by atoms with E-state index in [-0.39, 0.29) is 6.61 Å². The number of benzene rings is 1. The highest BCUT2D eigenvalue weighted by molar-refractivity contribution is 5.77. The van der Waals surface area contributed by atoms with Crippen LogP contribution in [-0.2, 0) is 6.54 Å². The van der Waals surface area contributed by atoms with E-state index in [1.807, 2.05) is 25.2 Å². The molecule has 4 heteroatoms. The molecule has 2 aromatic rings. The van der Waals surface area contributed by atoms with Gasteiger partial charge in [-0.25, -0.2) is 0 Å². The predicted molar refractivity (Wildman–Crippen MR) is 63.0 cm³/mol. The fraction of sp³-hybridized carbons (Fsp3) is 0.333. The molecule has 4 nitrogen and oxygen atoms in total. The molecule has 0 fully saturated rings. The molecule has 0 atom stereocenters. The monoisotopic (exact) mass is 217 g/mol. The summed E-state index contributed by atoms with van der Waals surface area (Å²) in [6.45, 7) is 1.61. The topological polar surface area (TPSA) is 49.2 Å². The number of rotatable bonds is 4. The summed E-state index contributed by atoms with van der Waals surface area (Å²) < 4.78 is 0. The van der Waals surface area contributed by atoms with Gasteiger partial charge in [-0.05, 0) is 18.7 Å². The third kappa shape index (κ3) is 2.35. The molecule has 0 saturated heterocycles. The number of likely N-dealkylation sites (N-methyl/N-ethyl adjacent to an activating group) is 1. The zero-order valence-electron chi connectivity index (χ0n) is 9.30. The third-order valence-electron chi connectivity index (χ3n) is 2.50. The summed E-state index contributed by atoms with van der Waals surface area (Å²) in [5.41, 5.74) is 2.99. The fourth-order valence-electron chi connectivity index (χ4n) is 1.72. The van der Waals surface area contributed by atoms with Crippen LogP contribution < -0.4 is 0 Å². The summed E-state index contributed by atoms with van der Waals surface area (Å²) in [4.78, 5) is 10.7. The van der Waals surface area contributed by atoms with Crippen LogP contribution in [0.25, 0.3) is 11.0 Å². The van der Waals surface area contributed by atoms with Crippen molar-refractivity contribution in [2.24, 2.45) is 0 Å². The number of nitrogens with zero attached hydrogens (tertiary/aromatic N) is 3. The van der Waals surface area contributed by atoms with E-state index in [1.165, 1.54) is 0 Å². The molecule has 0 aliphatic carbocycles. The molecule has 0 aliphatic rings. The van der Waals surface area contributed by atoms with Gasteiger partial charge in [0.15, 0.2) is 0 Å². The van der Waals surface area contributed by atoms with E-state index in [1.54, 1.807) is 12.4 Å². The van der Waals surface area contributed by atoms with E-state index in [9.17, 15) is 0 Å². The summed E-state index contributed by atoms with van der Waals surface area (Å²) in [5, 5.41) is 8.86. The molecule has 0 amide bonds. The van der Waals surface area contributed by atoms with E-state index >= 15 is 0 Å². The second-order valence-electron chi connectivity index (χ2n) is 3.80. The number of aromatic nitrogens is 2. The Bertz CT molecular complexity index is 467. The van der Waals surface area contributed by atoms with Gasteiger partial charge >= 0.3 is 0 Å². The maximum absolute atomic E-state index is 8.86. The van der Waals surface area contributed by atoms with Crippen LogP contribution in [0.3, 0.4) is 0 Å². The van der Waals surface area contributed by atoms with Crippen molar-refractivity contribution in [3.8, 4) is 0 Å². The first kappa shape index (κ1) is 11.0. The van der Waals surface area contributed by atoms with Crippen LogP contribution in [0.1, 0.15) is 5.56 Å². The molecular formula is C12H15N3O. The first-order chi connectivity index (χ1) is 7.81. The molecule has 0 unspecified atom stereocenters. The molecular weight excluding hydrogens is 202 g/mol. The molecule has 1 N–H and O–H groups in total. The highest BCUT2D eigenvalue weighted by Crippen LogP contribution is 2.14. The second-order valence-corrected chi connectivity index (χ2v) is 3.80. The van der Waals surface area contributed by atoms with Crippen molar-refractivity contribution in [2.75, 3.05) is 20.2 Å². The number of para-hydroxylation sites is 1. The average molecular weight is 217 g/mol. The van der Waals surface area contributed by atoms with Gasteiger partial charge in [-0.1, -0.05) is 12.1 Å². The summed E-state index contributed by atoms with van der Waals surface area (Å²) in [6, 6.07) is 5.99. The van der Waals surface area contributed by atoms with Crippen molar-refractivity contribution in [3.05, 3.63) is 36.2 Å². The first-order valence-corrected chi connectivity index (χ1v) is 5.29. The largest absolute Gasteiger partial charge is 0.395 e. The fourth-order valence-corrected chi connectivity index (χ4v) is 1.72.